The van der Waals surface area contributed by atoms with E-state index in [1.807, 2.05) is 0 Å². The van der Waals surface area contributed by atoms with Crippen LogP contribution >= 0.6 is 0 Å². The maximum Gasteiger partial charge on any atom is 0.409 e. The molecule has 0 aromatic carbocycles. The Labute approximate surface area is 140 Å². The summed E-state index contributed by atoms with van der Waals surface area (Å²) in [5.41, 5.74) is 5.43. The number of alkyl carbamates (subject to hydrolysis) is 1. The molecule has 0 spiro atoms. The molecule has 6 heteroatoms. The molecular weight excluding hydrogens is 294 g/mol. The molecule has 0 saturated carbocycles. The first kappa shape index (κ1) is 19.7. The van der Waals surface area contributed by atoms with Crippen LogP contribution in [0.1, 0.15) is 71.1 Å². The Hall–Kier alpha value is -1.30. The van der Waals surface area contributed by atoms with Gasteiger partial charge in [0.2, 0.25) is 5.91 Å². The highest BCUT2D eigenvalue weighted by molar-refractivity contribution is 5.77. The molecule has 0 aromatic rings. The van der Waals surface area contributed by atoms with Crippen molar-refractivity contribution in [1.82, 2.24) is 10.2 Å². The van der Waals surface area contributed by atoms with Crippen molar-refractivity contribution >= 4 is 12.0 Å². The van der Waals surface area contributed by atoms with E-state index in [4.69, 9.17) is 10.5 Å². The van der Waals surface area contributed by atoms with Gasteiger partial charge in [-0.2, -0.15) is 0 Å². The van der Waals surface area contributed by atoms with E-state index in [1.54, 1.807) is 4.90 Å². The monoisotopic (exact) mass is 327 g/mol. The Balaban J connectivity index is 2.32. The van der Waals surface area contributed by atoms with E-state index < -0.39 is 12.3 Å². The fraction of sp³-hybridized carbons (Fsp3) is 0.882. The fourth-order valence-electron chi connectivity index (χ4n) is 2.78. The Morgan fingerprint density at radius 1 is 1.17 bits per heavy atom. The quantitative estimate of drug-likeness (QED) is 0.604. The molecule has 1 saturated heterocycles. The normalized spacial score (nSPS) is 17.8. The molecule has 0 aliphatic carbocycles. The minimum atomic E-state index is -0.420. The number of amides is 2. The van der Waals surface area contributed by atoms with E-state index >= 15 is 0 Å². The van der Waals surface area contributed by atoms with Gasteiger partial charge in [0.05, 0.1) is 0 Å². The van der Waals surface area contributed by atoms with Crippen molar-refractivity contribution in [3.8, 4) is 0 Å². The molecule has 1 aliphatic rings. The number of nitrogens with zero attached hydrogens (tertiary/aromatic N) is 1. The molecule has 6 nitrogen and oxygen atoms in total. The van der Waals surface area contributed by atoms with Crippen molar-refractivity contribution < 1.29 is 14.3 Å². The van der Waals surface area contributed by atoms with Crippen LogP contribution < -0.4 is 11.1 Å². The van der Waals surface area contributed by atoms with E-state index in [9.17, 15) is 9.59 Å². The van der Waals surface area contributed by atoms with Crippen molar-refractivity contribution in [1.29, 1.82) is 0 Å². The van der Waals surface area contributed by atoms with Crippen molar-refractivity contribution in [3.05, 3.63) is 0 Å². The molecule has 3 N–H and O–H groups in total. The van der Waals surface area contributed by atoms with Gasteiger partial charge in [0.1, 0.15) is 0 Å². The SMILES string of the molecule is CCCCCC(=O)N1CCCC[C@@H]1OC(=O)NCCCCCN. The van der Waals surface area contributed by atoms with Crippen molar-refractivity contribution in [2.75, 3.05) is 19.6 Å². The molecule has 1 heterocycles. The van der Waals surface area contributed by atoms with E-state index in [2.05, 4.69) is 12.2 Å². The number of nitrogens with one attached hydrogen (secondary N) is 1. The number of likely N-dealkylation sites (tertiary alicyclic amines) is 1. The van der Waals surface area contributed by atoms with Crippen molar-refractivity contribution in [2.24, 2.45) is 5.73 Å². The lowest BCUT2D eigenvalue weighted by Gasteiger charge is -2.35. The van der Waals surface area contributed by atoms with Crippen LogP contribution in [-0.2, 0) is 9.53 Å². The smallest absolute Gasteiger partial charge is 0.409 e. The Morgan fingerprint density at radius 3 is 2.74 bits per heavy atom. The van der Waals surface area contributed by atoms with E-state index in [1.165, 1.54) is 0 Å². The average Bonchev–Trinajstić information content (AvgIpc) is 2.55. The first-order valence-corrected chi connectivity index (χ1v) is 9.13. The molecule has 134 valence electrons. The standard InChI is InChI=1S/C17H33N3O3/c1-2-3-5-10-15(21)20-14-9-6-11-16(20)23-17(22)19-13-8-4-7-12-18/h16H,2-14,18H2,1H3,(H,19,22)/t16-/m0/s1. The first-order chi connectivity index (χ1) is 11.2. The number of carbonyl (C=O) groups excluding carboxylic acids is 2. The molecular formula is C17H33N3O3. The summed E-state index contributed by atoms with van der Waals surface area (Å²) in [5, 5.41) is 2.76. The predicted octanol–water partition coefficient (Wildman–Crippen LogP) is 2.76. The predicted molar refractivity (Wildman–Crippen MR) is 90.9 cm³/mol. The molecule has 2 amide bonds. The number of piperidine rings is 1. The molecule has 0 bridgehead atoms. The Morgan fingerprint density at radius 2 is 2.00 bits per heavy atom. The maximum atomic E-state index is 12.3. The lowest BCUT2D eigenvalue weighted by atomic mass is 10.1. The maximum absolute atomic E-state index is 12.3. The van der Waals surface area contributed by atoms with Crippen LogP contribution in [0.3, 0.4) is 0 Å². The highest BCUT2D eigenvalue weighted by Gasteiger charge is 2.29. The summed E-state index contributed by atoms with van der Waals surface area (Å²) in [6, 6.07) is 0. The van der Waals surface area contributed by atoms with E-state index in [-0.39, 0.29) is 5.91 Å². The third-order valence-electron chi connectivity index (χ3n) is 4.16. The fourth-order valence-corrected chi connectivity index (χ4v) is 2.78. The van der Waals surface area contributed by atoms with Crippen LogP contribution in [0, 0.1) is 0 Å². The van der Waals surface area contributed by atoms with Gasteiger partial charge in [0, 0.05) is 25.9 Å². The summed E-state index contributed by atoms with van der Waals surface area (Å²) >= 11 is 0. The molecule has 1 rings (SSSR count). The number of carbonyl (C=O) groups is 2. The molecule has 1 fully saturated rings. The van der Waals surface area contributed by atoms with Gasteiger partial charge in [-0.25, -0.2) is 4.79 Å². The molecule has 1 atom stereocenters. The lowest BCUT2D eigenvalue weighted by molar-refractivity contribution is -0.144. The summed E-state index contributed by atoms with van der Waals surface area (Å²) in [5.74, 6) is 0.110. The molecule has 1 aliphatic heterocycles. The van der Waals surface area contributed by atoms with Gasteiger partial charge in [-0.05, 0) is 38.6 Å². The third kappa shape index (κ3) is 8.21. The number of nitrogens with two attached hydrogens (primary N) is 1. The molecule has 0 radical (unpaired) electrons. The zero-order valence-electron chi connectivity index (χ0n) is 14.5. The molecule has 23 heavy (non-hydrogen) atoms. The summed E-state index contributed by atoms with van der Waals surface area (Å²) in [6.07, 6.45) is 8.39. The average molecular weight is 327 g/mol. The second-order valence-corrected chi connectivity index (χ2v) is 6.18. The van der Waals surface area contributed by atoms with Gasteiger partial charge in [0.25, 0.3) is 0 Å². The second kappa shape index (κ2) is 12.2. The van der Waals surface area contributed by atoms with Gasteiger partial charge >= 0.3 is 6.09 Å². The van der Waals surface area contributed by atoms with Crippen LogP contribution in [0.25, 0.3) is 0 Å². The van der Waals surface area contributed by atoms with E-state index in [0.29, 0.717) is 26.1 Å². The van der Waals surface area contributed by atoms with Crippen LogP contribution in [0.4, 0.5) is 4.79 Å². The topological polar surface area (TPSA) is 84.7 Å². The molecule has 0 aromatic heterocycles. The van der Waals surface area contributed by atoms with Gasteiger partial charge in [-0.1, -0.05) is 26.2 Å². The van der Waals surface area contributed by atoms with Gasteiger partial charge in [-0.15, -0.1) is 0 Å². The van der Waals surface area contributed by atoms with Crippen LogP contribution in [0.15, 0.2) is 0 Å². The lowest BCUT2D eigenvalue weighted by Crippen LogP contribution is -2.47. The Kier molecular flexibility index (Phi) is 10.4. The van der Waals surface area contributed by atoms with Gasteiger partial charge in [0.15, 0.2) is 6.23 Å². The third-order valence-corrected chi connectivity index (χ3v) is 4.16. The first-order valence-electron chi connectivity index (χ1n) is 9.13. The largest absolute Gasteiger partial charge is 0.425 e. The number of unbranched alkanes of at least 4 members (excludes halogenated alkanes) is 4. The number of hydrogen-bond donors (Lipinski definition) is 2. The van der Waals surface area contributed by atoms with E-state index in [0.717, 1.165) is 57.8 Å². The highest BCUT2D eigenvalue weighted by atomic mass is 16.6. The zero-order chi connectivity index (χ0) is 16.9. The second-order valence-electron chi connectivity index (χ2n) is 6.18. The van der Waals surface area contributed by atoms with Gasteiger partial charge in [-0.3, -0.25) is 4.79 Å². The van der Waals surface area contributed by atoms with Crippen LogP contribution in [0.5, 0.6) is 0 Å². The van der Waals surface area contributed by atoms with Crippen LogP contribution in [-0.4, -0.2) is 42.8 Å². The Bertz CT molecular complexity index is 350. The van der Waals surface area contributed by atoms with Gasteiger partial charge < -0.3 is 20.7 Å². The zero-order valence-corrected chi connectivity index (χ0v) is 14.5. The summed E-state index contributed by atoms with van der Waals surface area (Å²) < 4.78 is 5.47. The molecule has 0 unspecified atom stereocenters. The summed E-state index contributed by atoms with van der Waals surface area (Å²) in [6.45, 7) is 4.09. The number of ether oxygens (including phenoxy) is 1. The number of hydrogen-bond acceptors (Lipinski definition) is 4. The van der Waals surface area contributed by atoms with Crippen molar-refractivity contribution in [2.45, 2.75) is 77.4 Å². The minimum Gasteiger partial charge on any atom is -0.425 e. The summed E-state index contributed by atoms with van der Waals surface area (Å²) in [7, 11) is 0. The van der Waals surface area contributed by atoms with Crippen LogP contribution in [0.2, 0.25) is 0 Å². The number of rotatable bonds is 10. The minimum absolute atomic E-state index is 0.110. The highest BCUT2D eigenvalue weighted by Crippen LogP contribution is 2.20. The van der Waals surface area contributed by atoms with Crippen molar-refractivity contribution in [3.63, 3.8) is 0 Å². The summed E-state index contributed by atoms with van der Waals surface area (Å²) in [4.78, 5) is 25.9.